The van der Waals surface area contributed by atoms with Gasteiger partial charge in [-0.1, -0.05) is 18.6 Å². The van der Waals surface area contributed by atoms with E-state index in [0.29, 0.717) is 0 Å². The highest BCUT2D eigenvalue weighted by atomic mass is 32.2. The molecule has 0 aliphatic rings. The van der Waals surface area contributed by atoms with Crippen LogP contribution in [0.25, 0.3) is 0 Å². The van der Waals surface area contributed by atoms with Crippen LogP contribution in [0, 0.1) is 0 Å². The van der Waals surface area contributed by atoms with Crippen molar-refractivity contribution in [2.75, 3.05) is 12.0 Å². The van der Waals surface area contributed by atoms with Gasteiger partial charge in [-0.3, -0.25) is 0 Å². The van der Waals surface area contributed by atoms with E-state index >= 15 is 0 Å². The molecule has 0 saturated carbocycles. The maximum absolute atomic E-state index is 10.6. The molecule has 0 atom stereocenters. The van der Waals surface area contributed by atoms with Crippen LogP contribution in [0.15, 0.2) is 11.6 Å². The van der Waals surface area contributed by atoms with Crippen LogP contribution in [0.2, 0.25) is 0 Å². The summed E-state index contributed by atoms with van der Waals surface area (Å²) in [5, 5.41) is 0. The Morgan fingerprint density at radius 3 is 2.30 bits per heavy atom. The second kappa shape index (κ2) is 3.76. The molecule has 0 saturated heterocycles. The van der Waals surface area contributed by atoms with Gasteiger partial charge in [-0.2, -0.15) is 0 Å². The van der Waals surface area contributed by atoms with E-state index in [1.165, 1.54) is 6.26 Å². The lowest BCUT2D eigenvalue weighted by Gasteiger charge is -1.93. The summed E-state index contributed by atoms with van der Waals surface area (Å²) in [7, 11) is -2.81. The van der Waals surface area contributed by atoms with E-state index < -0.39 is 9.84 Å². The summed E-state index contributed by atoms with van der Waals surface area (Å²) >= 11 is 0. The van der Waals surface area contributed by atoms with Crippen molar-refractivity contribution in [3.05, 3.63) is 11.6 Å². The average Bonchev–Trinajstić information content (AvgIpc) is 1.81. The van der Waals surface area contributed by atoms with Crippen molar-refractivity contribution in [2.45, 2.75) is 20.3 Å². The van der Waals surface area contributed by atoms with Gasteiger partial charge >= 0.3 is 0 Å². The summed E-state index contributed by atoms with van der Waals surface area (Å²) in [4.78, 5) is 0. The molecule has 0 bridgehead atoms. The number of rotatable bonds is 3. The van der Waals surface area contributed by atoms with Gasteiger partial charge in [0.2, 0.25) is 0 Å². The second-order valence-electron chi connectivity index (χ2n) is 2.50. The fourth-order valence-corrected chi connectivity index (χ4v) is 1.03. The standard InChI is InChI=1S/C7H14O2S/c1-4-7(2)5-6-10(3,8)9/h5H,4,6H2,1-3H3. The Bertz CT molecular complexity index is 212. The van der Waals surface area contributed by atoms with Crippen LogP contribution < -0.4 is 0 Å². The molecule has 2 nitrogen and oxygen atoms in total. The summed E-state index contributed by atoms with van der Waals surface area (Å²) in [5.41, 5.74) is 1.13. The zero-order valence-corrected chi connectivity index (χ0v) is 7.53. The zero-order chi connectivity index (χ0) is 8.20. The number of sulfone groups is 1. The number of hydrogen-bond acceptors (Lipinski definition) is 2. The SMILES string of the molecule is CCC(C)=CCS(C)(=O)=O. The first-order valence-corrected chi connectivity index (χ1v) is 5.35. The third-order valence-corrected chi connectivity index (χ3v) is 2.06. The molecule has 0 aromatic rings. The Hall–Kier alpha value is -0.310. The molecule has 0 aliphatic heterocycles. The van der Waals surface area contributed by atoms with E-state index in [2.05, 4.69) is 0 Å². The zero-order valence-electron chi connectivity index (χ0n) is 6.72. The molecule has 0 radical (unpaired) electrons. The lowest BCUT2D eigenvalue weighted by molar-refractivity contribution is 0.604. The van der Waals surface area contributed by atoms with Gasteiger partial charge in [0.15, 0.2) is 9.84 Å². The van der Waals surface area contributed by atoms with E-state index in [1.807, 2.05) is 13.8 Å². The summed E-state index contributed by atoms with van der Waals surface area (Å²) in [5.74, 6) is 0.173. The minimum absolute atomic E-state index is 0.173. The molecule has 10 heavy (non-hydrogen) atoms. The van der Waals surface area contributed by atoms with Gasteiger partial charge < -0.3 is 0 Å². The van der Waals surface area contributed by atoms with E-state index in [4.69, 9.17) is 0 Å². The van der Waals surface area contributed by atoms with Crippen LogP contribution in [-0.2, 0) is 9.84 Å². The molecular weight excluding hydrogens is 148 g/mol. The minimum Gasteiger partial charge on any atom is -0.229 e. The molecule has 0 N–H and O–H groups in total. The summed E-state index contributed by atoms with van der Waals surface area (Å²) < 4.78 is 21.2. The third kappa shape index (κ3) is 5.82. The van der Waals surface area contributed by atoms with Crippen LogP contribution in [-0.4, -0.2) is 20.4 Å². The van der Waals surface area contributed by atoms with Crippen LogP contribution in [0.5, 0.6) is 0 Å². The van der Waals surface area contributed by atoms with Gasteiger partial charge in [-0.15, -0.1) is 0 Å². The van der Waals surface area contributed by atoms with Crippen LogP contribution in [0.4, 0.5) is 0 Å². The molecule has 0 amide bonds. The smallest absolute Gasteiger partial charge is 0.151 e. The Morgan fingerprint density at radius 2 is 2.00 bits per heavy atom. The fraction of sp³-hybridized carbons (Fsp3) is 0.714. The van der Waals surface area contributed by atoms with Gasteiger partial charge in [0, 0.05) is 6.26 Å². The Labute approximate surface area is 62.9 Å². The lowest BCUT2D eigenvalue weighted by Crippen LogP contribution is -1.99. The van der Waals surface area contributed by atoms with Crippen LogP contribution in [0.3, 0.4) is 0 Å². The average molecular weight is 162 g/mol. The largest absolute Gasteiger partial charge is 0.229 e. The van der Waals surface area contributed by atoms with Crippen molar-refractivity contribution in [3.8, 4) is 0 Å². The van der Waals surface area contributed by atoms with E-state index in [0.717, 1.165) is 12.0 Å². The summed E-state index contributed by atoms with van der Waals surface area (Å²) in [6, 6.07) is 0. The highest BCUT2D eigenvalue weighted by Crippen LogP contribution is 1.98. The van der Waals surface area contributed by atoms with E-state index in [-0.39, 0.29) is 5.75 Å². The molecule has 60 valence electrons. The molecule has 0 heterocycles. The number of hydrogen-bond donors (Lipinski definition) is 0. The highest BCUT2D eigenvalue weighted by Gasteiger charge is 1.96. The highest BCUT2D eigenvalue weighted by molar-refractivity contribution is 7.90. The predicted octanol–water partition coefficient (Wildman–Crippen LogP) is 1.39. The monoisotopic (exact) mass is 162 g/mol. The maximum Gasteiger partial charge on any atom is 0.151 e. The molecule has 3 heteroatoms. The summed E-state index contributed by atoms with van der Waals surface area (Å²) in [6.07, 6.45) is 3.93. The molecule has 0 rings (SSSR count). The normalized spacial score (nSPS) is 13.7. The van der Waals surface area contributed by atoms with Gasteiger partial charge in [0.1, 0.15) is 0 Å². The van der Waals surface area contributed by atoms with Crippen molar-refractivity contribution in [3.63, 3.8) is 0 Å². The van der Waals surface area contributed by atoms with Gasteiger partial charge in [-0.25, -0.2) is 8.42 Å². The summed E-state index contributed by atoms with van der Waals surface area (Å²) in [6.45, 7) is 3.94. The van der Waals surface area contributed by atoms with E-state index in [9.17, 15) is 8.42 Å². The molecule has 0 unspecified atom stereocenters. The molecule has 0 fully saturated rings. The second-order valence-corrected chi connectivity index (χ2v) is 4.68. The molecule has 0 aromatic heterocycles. The van der Waals surface area contributed by atoms with Gasteiger partial charge in [0.25, 0.3) is 0 Å². The Kier molecular flexibility index (Phi) is 3.64. The van der Waals surface area contributed by atoms with Crippen molar-refractivity contribution >= 4 is 9.84 Å². The molecule has 0 aromatic carbocycles. The van der Waals surface area contributed by atoms with Crippen molar-refractivity contribution in [1.29, 1.82) is 0 Å². The third-order valence-electron chi connectivity index (χ3n) is 1.29. The minimum atomic E-state index is -2.81. The van der Waals surface area contributed by atoms with Crippen molar-refractivity contribution in [1.82, 2.24) is 0 Å². The van der Waals surface area contributed by atoms with Gasteiger partial charge in [0.05, 0.1) is 5.75 Å². The van der Waals surface area contributed by atoms with Crippen LogP contribution >= 0.6 is 0 Å². The first kappa shape index (κ1) is 9.69. The maximum atomic E-state index is 10.6. The quantitative estimate of drug-likeness (QED) is 0.588. The number of allylic oxidation sites excluding steroid dienone is 1. The van der Waals surface area contributed by atoms with Crippen LogP contribution in [0.1, 0.15) is 20.3 Å². The molecule has 0 spiro atoms. The fourth-order valence-electron chi connectivity index (χ4n) is 0.438. The Balaban J connectivity index is 3.98. The van der Waals surface area contributed by atoms with Crippen molar-refractivity contribution in [2.24, 2.45) is 0 Å². The van der Waals surface area contributed by atoms with Crippen molar-refractivity contribution < 1.29 is 8.42 Å². The van der Waals surface area contributed by atoms with Gasteiger partial charge in [-0.05, 0) is 13.3 Å². The first-order chi connectivity index (χ1) is 4.45. The predicted molar refractivity (Wildman–Crippen MR) is 43.8 cm³/mol. The topological polar surface area (TPSA) is 34.1 Å². The molecular formula is C7H14O2S. The Morgan fingerprint density at radius 1 is 1.50 bits per heavy atom. The molecule has 0 aliphatic carbocycles. The first-order valence-electron chi connectivity index (χ1n) is 3.29. The lowest BCUT2D eigenvalue weighted by atomic mass is 10.2. The van der Waals surface area contributed by atoms with E-state index in [1.54, 1.807) is 6.08 Å².